The number of hydrogen-bond donors (Lipinski definition) is 0. The van der Waals surface area contributed by atoms with Gasteiger partial charge in [-0.15, -0.1) is 0 Å². The fourth-order valence-electron chi connectivity index (χ4n) is 2.56. The lowest BCUT2D eigenvalue weighted by Crippen LogP contribution is -1.97. The zero-order chi connectivity index (χ0) is 19.1. The van der Waals surface area contributed by atoms with E-state index in [1.54, 1.807) is 24.3 Å². The minimum atomic E-state index is 0.397. The number of para-hydroxylation sites is 1. The molecule has 0 fully saturated rings. The summed E-state index contributed by atoms with van der Waals surface area (Å²) in [7, 11) is 0. The second-order valence-corrected chi connectivity index (χ2v) is 6.25. The van der Waals surface area contributed by atoms with Crippen LogP contribution < -0.4 is 4.74 Å². The van der Waals surface area contributed by atoms with Gasteiger partial charge in [-0.05, 0) is 47.5 Å². The molecule has 0 amide bonds. The lowest BCUT2D eigenvalue weighted by atomic mass is 10.0. The minimum absolute atomic E-state index is 0.397. The summed E-state index contributed by atoms with van der Waals surface area (Å²) >= 11 is 5.91. The number of nitriles is 2. The van der Waals surface area contributed by atoms with Crippen LogP contribution in [0.15, 0.2) is 72.8 Å². The van der Waals surface area contributed by atoms with Crippen LogP contribution in [-0.4, -0.2) is 0 Å². The van der Waals surface area contributed by atoms with Gasteiger partial charge in [0.2, 0.25) is 0 Å². The Morgan fingerprint density at radius 3 is 2.48 bits per heavy atom. The third-order valence-corrected chi connectivity index (χ3v) is 4.20. The van der Waals surface area contributed by atoms with Gasteiger partial charge in [-0.25, -0.2) is 0 Å². The van der Waals surface area contributed by atoms with Gasteiger partial charge < -0.3 is 4.74 Å². The van der Waals surface area contributed by atoms with Crippen molar-refractivity contribution in [1.29, 1.82) is 10.5 Å². The standard InChI is InChI=1S/C23H15ClN2O/c24-22-10-8-17(9-11-22)16-27-23-7-2-1-5-20(23)13-21(15-26)19-6-3-4-18(12-19)14-25/h1-13H,16H2. The molecule has 3 nitrogen and oxygen atoms in total. The van der Waals surface area contributed by atoms with Gasteiger partial charge in [-0.2, -0.15) is 10.5 Å². The Morgan fingerprint density at radius 2 is 1.74 bits per heavy atom. The Hall–Kier alpha value is -3.53. The minimum Gasteiger partial charge on any atom is -0.488 e. The average molecular weight is 371 g/mol. The highest BCUT2D eigenvalue weighted by atomic mass is 35.5. The Balaban J connectivity index is 1.87. The van der Waals surface area contributed by atoms with Gasteiger partial charge in [0.25, 0.3) is 0 Å². The van der Waals surface area contributed by atoms with Gasteiger partial charge >= 0.3 is 0 Å². The summed E-state index contributed by atoms with van der Waals surface area (Å²) < 4.78 is 5.94. The van der Waals surface area contributed by atoms with Crippen molar-refractivity contribution in [3.63, 3.8) is 0 Å². The van der Waals surface area contributed by atoms with E-state index >= 15 is 0 Å². The molecule has 0 aliphatic rings. The SMILES string of the molecule is N#CC(=Cc1ccccc1OCc1ccc(Cl)cc1)c1cccc(C#N)c1. The summed E-state index contributed by atoms with van der Waals surface area (Å²) in [6.45, 7) is 0.397. The molecule has 0 radical (unpaired) electrons. The number of nitrogens with zero attached hydrogens (tertiary/aromatic N) is 2. The number of ether oxygens (including phenoxy) is 1. The van der Waals surface area contributed by atoms with E-state index in [2.05, 4.69) is 12.1 Å². The van der Waals surface area contributed by atoms with Gasteiger partial charge in [0, 0.05) is 10.6 Å². The first-order valence-electron chi connectivity index (χ1n) is 8.28. The maximum Gasteiger partial charge on any atom is 0.127 e. The van der Waals surface area contributed by atoms with E-state index in [-0.39, 0.29) is 0 Å². The van der Waals surface area contributed by atoms with Crippen LogP contribution in [-0.2, 0) is 6.61 Å². The van der Waals surface area contributed by atoms with Crippen LogP contribution in [0.5, 0.6) is 5.75 Å². The Labute approximate surface area is 163 Å². The molecule has 3 aromatic rings. The average Bonchev–Trinajstić information content (AvgIpc) is 2.72. The Bertz CT molecular complexity index is 1060. The van der Waals surface area contributed by atoms with E-state index < -0.39 is 0 Å². The monoisotopic (exact) mass is 370 g/mol. The lowest BCUT2D eigenvalue weighted by molar-refractivity contribution is 0.305. The zero-order valence-corrected chi connectivity index (χ0v) is 15.1. The van der Waals surface area contributed by atoms with Crippen molar-refractivity contribution in [2.24, 2.45) is 0 Å². The van der Waals surface area contributed by atoms with E-state index in [9.17, 15) is 5.26 Å². The quantitative estimate of drug-likeness (QED) is 0.417. The van der Waals surface area contributed by atoms with Gasteiger partial charge in [-0.1, -0.05) is 54.1 Å². The van der Waals surface area contributed by atoms with Gasteiger partial charge in [-0.3, -0.25) is 0 Å². The van der Waals surface area contributed by atoms with E-state index in [0.717, 1.165) is 11.1 Å². The third kappa shape index (κ3) is 4.76. The summed E-state index contributed by atoms with van der Waals surface area (Å²) in [6, 6.07) is 26.3. The predicted octanol–water partition coefficient (Wildman–Crippen LogP) is 5.85. The molecule has 0 N–H and O–H groups in total. The molecule has 0 saturated heterocycles. The summed E-state index contributed by atoms with van der Waals surface area (Å²) in [6.07, 6.45) is 1.77. The molecule has 0 saturated carbocycles. The van der Waals surface area contributed by atoms with Crippen LogP contribution in [0, 0.1) is 22.7 Å². The zero-order valence-electron chi connectivity index (χ0n) is 14.4. The molecule has 0 bridgehead atoms. The van der Waals surface area contributed by atoms with Crippen LogP contribution >= 0.6 is 11.6 Å². The summed E-state index contributed by atoms with van der Waals surface area (Å²) in [4.78, 5) is 0. The molecule has 0 heterocycles. The molecule has 3 aromatic carbocycles. The molecular weight excluding hydrogens is 356 g/mol. The molecule has 0 atom stereocenters. The molecule has 27 heavy (non-hydrogen) atoms. The molecular formula is C23H15ClN2O. The Kier molecular flexibility index (Phi) is 5.90. The van der Waals surface area contributed by atoms with Gasteiger partial charge in [0.1, 0.15) is 12.4 Å². The van der Waals surface area contributed by atoms with Crippen molar-refractivity contribution in [1.82, 2.24) is 0 Å². The van der Waals surface area contributed by atoms with Gasteiger partial charge in [0.05, 0.1) is 23.3 Å². The Morgan fingerprint density at radius 1 is 0.963 bits per heavy atom. The first kappa shape index (κ1) is 18.3. The third-order valence-electron chi connectivity index (χ3n) is 3.95. The normalized spacial score (nSPS) is 10.7. The molecule has 4 heteroatoms. The predicted molar refractivity (Wildman–Crippen MR) is 107 cm³/mol. The fourth-order valence-corrected chi connectivity index (χ4v) is 2.69. The highest BCUT2D eigenvalue weighted by Gasteiger charge is 2.06. The van der Waals surface area contributed by atoms with Crippen molar-refractivity contribution in [2.75, 3.05) is 0 Å². The van der Waals surface area contributed by atoms with Crippen LogP contribution in [0.4, 0.5) is 0 Å². The highest BCUT2D eigenvalue weighted by Crippen LogP contribution is 2.26. The second-order valence-electron chi connectivity index (χ2n) is 5.82. The van der Waals surface area contributed by atoms with Crippen molar-refractivity contribution in [3.8, 4) is 17.9 Å². The van der Waals surface area contributed by atoms with Gasteiger partial charge in [0.15, 0.2) is 0 Å². The second kappa shape index (κ2) is 8.72. The maximum absolute atomic E-state index is 9.57. The molecule has 0 aromatic heterocycles. The summed E-state index contributed by atoms with van der Waals surface area (Å²) in [5.74, 6) is 0.677. The largest absolute Gasteiger partial charge is 0.488 e. The number of rotatable bonds is 5. The van der Waals surface area contributed by atoms with Crippen molar-refractivity contribution >= 4 is 23.3 Å². The summed E-state index contributed by atoms with van der Waals surface area (Å²) in [5, 5.41) is 19.3. The van der Waals surface area contributed by atoms with E-state index in [1.165, 1.54) is 0 Å². The fraction of sp³-hybridized carbons (Fsp3) is 0.0435. The van der Waals surface area contributed by atoms with E-state index in [1.807, 2.05) is 54.6 Å². The van der Waals surface area contributed by atoms with Crippen molar-refractivity contribution < 1.29 is 4.74 Å². The first-order chi connectivity index (χ1) is 13.2. The van der Waals surface area contributed by atoms with Crippen LogP contribution in [0.3, 0.4) is 0 Å². The number of allylic oxidation sites excluding steroid dienone is 1. The first-order valence-corrected chi connectivity index (χ1v) is 8.66. The number of halogens is 1. The van der Waals surface area contributed by atoms with Crippen molar-refractivity contribution in [3.05, 3.63) is 100 Å². The number of hydrogen-bond acceptors (Lipinski definition) is 3. The smallest absolute Gasteiger partial charge is 0.127 e. The van der Waals surface area contributed by atoms with E-state index in [4.69, 9.17) is 21.6 Å². The van der Waals surface area contributed by atoms with Crippen LogP contribution in [0.2, 0.25) is 5.02 Å². The molecule has 0 aliphatic carbocycles. The lowest BCUT2D eigenvalue weighted by Gasteiger charge is -2.10. The topological polar surface area (TPSA) is 56.8 Å². The molecule has 3 rings (SSSR count). The highest BCUT2D eigenvalue weighted by molar-refractivity contribution is 6.30. The summed E-state index contributed by atoms with van der Waals surface area (Å²) in [5.41, 5.74) is 3.48. The molecule has 0 unspecified atom stereocenters. The van der Waals surface area contributed by atoms with E-state index in [0.29, 0.717) is 34.1 Å². The maximum atomic E-state index is 9.57. The number of benzene rings is 3. The molecule has 130 valence electrons. The van der Waals surface area contributed by atoms with Crippen LogP contribution in [0.1, 0.15) is 22.3 Å². The van der Waals surface area contributed by atoms with Crippen molar-refractivity contribution in [2.45, 2.75) is 6.61 Å². The molecule has 0 aliphatic heterocycles. The molecule has 0 spiro atoms. The van der Waals surface area contributed by atoms with Crippen LogP contribution in [0.25, 0.3) is 11.6 Å².